The number of aromatic nitrogens is 3. The molecule has 0 amide bonds. The van der Waals surface area contributed by atoms with Gasteiger partial charge in [-0.15, -0.1) is 0 Å². The third kappa shape index (κ3) is 1.35. The molecule has 0 aromatic carbocycles. The van der Waals surface area contributed by atoms with Crippen LogP contribution < -0.4 is 5.73 Å². The molecule has 2 N–H and O–H groups in total. The Morgan fingerprint density at radius 1 is 1.31 bits per heavy atom. The molecule has 0 saturated carbocycles. The number of nitrogen functional groups attached to an aromatic ring is 1. The van der Waals surface area contributed by atoms with E-state index in [1.54, 1.807) is 18.5 Å². The molecule has 2 aromatic heterocycles. The van der Waals surface area contributed by atoms with Crippen molar-refractivity contribution in [3.8, 4) is 11.5 Å². The van der Waals surface area contributed by atoms with Gasteiger partial charge in [0, 0.05) is 18.5 Å². The Kier molecular flexibility index (Phi) is 1.70. The van der Waals surface area contributed by atoms with Crippen molar-refractivity contribution in [1.82, 2.24) is 15.1 Å². The predicted octanol–water partition coefficient (Wildman–Crippen LogP) is 1.02. The molecule has 2 heterocycles. The van der Waals surface area contributed by atoms with Crippen LogP contribution in [0.1, 0.15) is 5.69 Å². The molecule has 13 heavy (non-hydrogen) atoms. The minimum atomic E-state index is 0.347. The van der Waals surface area contributed by atoms with Gasteiger partial charge in [-0.3, -0.25) is 4.98 Å². The minimum absolute atomic E-state index is 0.347. The van der Waals surface area contributed by atoms with E-state index in [1.165, 1.54) is 0 Å². The highest BCUT2D eigenvalue weighted by Gasteiger charge is 2.08. The molecular formula is C8H8N4O. The molecule has 0 radical (unpaired) electrons. The molecule has 66 valence electrons. The average Bonchev–Trinajstić information content (AvgIpc) is 2.53. The van der Waals surface area contributed by atoms with Crippen LogP contribution in [0.5, 0.6) is 0 Å². The number of aryl methyl sites for hydroxylation is 1. The van der Waals surface area contributed by atoms with E-state index in [-0.39, 0.29) is 0 Å². The Hall–Kier alpha value is -1.91. The Morgan fingerprint density at radius 3 is 2.69 bits per heavy atom. The highest BCUT2D eigenvalue weighted by molar-refractivity contribution is 5.57. The fourth-order valence-corrected chi connectivity index (χ4v) is 1.05. The standard InChI is InChI=1S/C8H8N4O/c1-5-8(11-3-2-10-5)6-4-7(9)12-13-6/h2-4H,1H3,(H2,9,12). The van der Waals surface area contributed by atoms with Gasteiger partial charge in [0.15, 0.2) is 11.6 Å². The van der Waals surface area contributed by atoms with Crippen molar-refractivity contribution in [3.63, 3.8) is 0 Å². The van der Waals surface area contributed by atoms with Crippen molar-refractivity contribution in [1.29, 1.82) is 0 Å². The van der Waals surface area contributed by atoms with E-state index < -0.39 is 0 Å². The quantitative estimate of drug-likeness (QED) is 0.701. The molecule has 0 saturated heterocycles. The Balaban J connectivity index is 2.52. The maximum absolute atomic E-state index is 5.41. The van der Waals surface area contributed by atoms with Gasteiger partial charge in [-0.25, -0.2) is 4.98 Å². The molecular weight excluding hydrogens is 168 g/mol. The van der Waals surface area contributed by atoms with E-state index in [4.69, 9.17) is 10.3 Å². The third-order valence-corrected chi connectivity index (χ3v) is 1.64. The molecule has 5 nitrogen and oxygen atoms in total. The van der Waals surface area contributed by atoms with E-state index in [0.29, 0.717) is 17.3 Å². The van der Waals surface area contributed by atoms with Crippen LogP contribution in [0.2, 0.25) is 0 Å². The normalized spacial score (nSPS) is 10.2. The van der Waals surface area contributed by atoms with Crippen LogP contribution in [0.3, 0.4) is 0 Å². The molecule has 2 aromatic rings. The van der Waals surface area contributed by atoms with Crippen LogP contribution in [-0.2, 0) is 0 Å². The summed E-state index contributed by atoms with van der Waals surface area (Å²) in [6, 6.07) is 1.62. The van der Waals surface area contributed by atoms with Crippen LogP contribution >= 0.6 is 0 Å². The third-order valence-electron chi connectivity index (χ3n) is 1.64. The zero-order valence-electron chi connectivity index (χ0n) is 7.06. The van der Waals surface area contributed by atoms with E-state index in [0.717, 1.165) is 5.69 Å². The highest BCUT2D eigenvalue weighted by Crippen LogP contribution is 2.20. The number of anilines is 1. The van der Waals surface area contributed by atoms with Crippen LogP contribution in [-0.4, -0.2) is 15.1 Å². The lowest BCUT2D eigenvalue weighted by atomic mass is 10.2. The summed E-state index contributed by atoms with van der Waals surface area (Å²) < 4.78 is 4.95. The van der Waals surface area contributed by atoms with Crippen molar-refractivity contribution in [2.75, 3.05) is 5.73 Å². The number of rotatable bonds is 1. The maximum Gasteiger partial charge on any atom is 0.189 e. The first-order valence-corrected chi connectivity index (χ1v) is 3.77. The lowest BCUT2D eigenvalue weighted by Crippen LogP contribution is -1.88. The van der Waals surface area contributed by atoms with Gasteiger partial charge < -0.3 is 10.3 Å². The largest absolute Gasteiger partial charge is 0.381 e. The fraction of sp³-hybridized carbons (Fsp3) is 0.125. The Bertz CT molecular complexity index is 424. The van der Waals surface area contributed by atoms with E-state index in [2.05, 4.69) is 15.1 Å². The minimum Gasteiger partial charge on any atom is -0.381 e. The predicted molar refractivity (Wildman–Crippen MR) is 46.7 cm³/mol. The molecule has 2 rings (SSSR count). The number of nitrogens with zero attached hydrogens (tertiary/aromatic N) is 3. The molecule has 5 heteroatoms. The summed E-state index contributed by atoms with van der Waals surface area (Å²) in [5, 5.41) is 3.57. The van der Waals surface area contributed by atoms with Crippen LogP contribution in [0.25, 0.3) is 11.5 Å². The molecule has 0 fully saturated rings. The zero-order chi connectivity index (χ0) is 9.26. The summed E-state index contributed by atoms with van der Waals surface area (Å²) in [7, 11) is 0. The van der Waals surface area contributed by atoms with Crippen molar-refractivity contribution in [2.45, 2.75) is 6.92 Å². The smallest absolute Gasteiger partial charge is 0.189 e. The van der Waals surface area contributed by atoms with Gasteiger partial charge in [0.25, 0.3) is 0 Å². The summed E-state index contributed by atoms with van der Waals surface area (Å²) in [5.74, 6) is 0.892. The van der Waals surface area contributed by atoms with Crippen LogP contribution in [0, 0.1) is 6.92 Å². The van der Waals surface area contributed by atoms with Gasteiger partial charge >= 0.3 is 0 Å². The number of hydrogen-bond donors (Lipinski definition) is 1. The Labute approximate surface area is 74.6 Å². The van der Waals surface area contributed by atoms with Gasteiger partial charge in [0.2, 0.25) is 0 Å². The first kappa shape index (κ1) is 7.72. The monoisotopic (exact) mass is 176 g/mol. The SMILES string of the molecule is Cc1nccnc1-c1cc(N)no1. The van der Waals surface area contributed by atoms with E-state index in [1.807, 2.05) is 6.92 Å². The van der Waals surface area contributed by atoms with Gasteiger partial charge in [-0.2, -0.15) is 0 Å². The average molecular weight is 176 g/mol. The molecule has 0 aliphatic rings. The molecule has 0 atom stereocenters. The van der Waals surface area contributed by atoms with E-state index >= 15 is 0 Å². The van der Waals surface area contributed by atoms with Gasteiger partial charge in [0.1, 0.15) is 5.69 Å². The second-order valence-electron chi connectivity index (χ2n) is 2.61. The second kappa shape index (κ2) is 2.85. The second-order valence-corrected chi connectivity index (χ2v) is 2.61. The first-order chi connectivity index (χ1) is 6.27. The van der Waals surface area contributed by atoms with Crippen molar-refractivity contribution < 1.29 is 4.52 Å². The van der Waals surface area contributed by atoms with Crippen LogP contribution in [0.15, 0.2) is 23.0 Å². The molecule has 0 bridgehead atoms. The van der Waals surface area contributed by atoms with Crippen molar-refractivity contribution in [2.24, 2.45) is 0 Å². The Morgan fingerprint density at radius 2 is 2.08 bits per heavy atom. The summed E-state index contributed by atoms with van der Waals surface area (Å²) in [6.07, 6.45) is 3.22. The first-order valence-electron chi connectivity index (χ1n) is 3.77. The van der Waals surface area contributed by atoms with E-state index in [9.17, 15) is 0 Å². The number of nitrogens with two attached hydrogens (primary N) is 1. The molecule has 0 unspecified atom stereocenters. The van der Waals surface area contributed by atoms with Crippen molar-refractivity contribution >= 4 is 5.82 Å². The van der Waals surface area contributed by atoms with Crippen LogP contribution in [0.4, 0.5) is 5.82 Å². The fourth-order valence-electron chi connectivity index (χ4n) is 1.05. The summed E-state index contributed by atoms with van der Waals surface area (Å²) >= 11 is 0. The van der Waals surface area contributed by atoms with Gasteiger partial charge in [-0.05, 0) is 6.92 Å². The van der Waals surface area contributed by atoms with Gasteiger partial charge in [-0.1, -0.05) is 5.16 Å². The molecule has 0 aliphatic heterocycles. The molecule has 0 spiro atoms. The lowest BCUT2D eigenvalue weighted by molar-refractivity contribution is 0.434. The highest BCUT2D eigenvalue weighted by atomic mass is 16.5. The zero-order valence-corrected chi connectivity index (χ0v) is 7.06. The number of hydrogen-bond acceptors (Lipinski definition) is 5. The summed E-state index contributed by atoms with van der Waals surface area (Å²) in [5.41, 5.74) is 6.88. The summed E-state index contributed by atoms with van der Waals surface area (Å²) in [6.45, 7) is 1.85. The molecule has 0 aliphatic carbocycles. The topological polar surface area (TPSA) is 77.8 Å². The maximum atomic E-state index is 5.41. The summed E-state index contributed by atoms with van der Waals surface area (Å²) in [4.78, 5) is 8.18. The van der Waals surface area contributed by atoms with Gasteiger partial charge in [0.05, 0.1) is 5.69 Å². The van der Waals surface area contributed by atoms with Crippen molar-refractivity contribution in [3.05, 3.63) is 24.2 Å². The lowest BCUT2D eigenvalue weighted by Gasteiger charge is -1.96.